The van der Waals surface area contributed by atoms with E-state index in [-0.39, 0.29) is 12.3 Å². The minimum atomic E-state index is -0.442. The number of thiazole rings is 1. The molecule has 0 saturated carbocycles. The minimum absolute atomic E-state index is 0.0303. The van der Waals surface area contributed by atoms with E-state index in [1.807, 2.05) is 24.3 Å². The number of benzene rings is 2. The van der Waals surface area contributed by atoms with Gasteiger partial charge < -0.3 is 18.9 Å². The number of fused-ring (bicyclic) bond motifs is 1. The van der Waals surface area contributed by atoms with Crippen LogP contribution in [0.1, 0.15) is 0 Å². The van der Waals surface area contributed by atoms with Crippen molar-refractivity contribution in [1.82, 2.24) is 4.98 Å². The topological polar surface area (TPSA) is 93.0 Å². The van der Waals surface area contributed by atoms with E-state index < -0.39 is 4.92 Å². The van der Waals surface area contributed by atoms with Crippen LogP contribution in [-0.4, -0.2) is 56.7 Å². The van der Waals surface area contributed by atoms with Crippen LogP contribution in [0.25, 0.3) is 20.8 Å². The average Bonchev–Trinajstić information content (AvgIpc) is 3.16. The highest BCUT2D eigenvalue weighted by atomic mass is 32.1. The molecule has 0 amide bonds. The molecule has 3 aromatic rings. The van der Waals surface area contributed by atoms with Gasteiger partial charge in [0.1, 0.15) is 17.4 Å². The maximum atomic E-state index is 11.2. The van der Waals surface area contributed by atoms with Crippen LogP contribution < -0.4 is 4.74 Å². The van der Waals surface area contributed by atoms with E-state index >= 15 is 0 Å². The molecule has 0 N–H and O–H groups in total. The Labute approximate surface area is 172 Å². The van der Waals surface area contributed by atoms with E-state index in [1.165, 1.54) is 23.5 Å². The van der Waals surface area contributed by atoms with E-state index in [1.54, 1.807) is 13.2 Å². The Balaban J connectivity index is 1.63. The van der Waals surface area contributed by atoms with Gasteiger partial charge in [-0.1, -0.05) is 12.1 Å². The zero-order chi connectivity index (χ0) is 20.5. The Kier molecular flexibility index (Phi) is 7.88. The fourth-order valence-corrected chi connectivity index (χ4v) is 3.58. The summed E-state index contributed by atoms with van der Waals surface area (Å²) in [5, 5.41) is 11.9. The van der Waals surface area contributed by atoms with Crippen molar-refractivity contribution >= 4 is 27.2 Å². The highest BCUT2D eigenvalue weighted by Gasteiger charge is 2.16. The molecule has 2 aromatic carbocycles. The third-order valence-electron chi connectivity index (χ3n) is 3.99. The molecule has 0 aliphatic carbocycles. The predicted octanol–water partition coefficient (Wildman–Crippen LogP) is 3.93. The average molecular weight is 418 g/mol. The largest absolute Gasteiger partial charge is 0.490 e. The van der Waals surface area contributed by atoms with Crippen molar-refractivity contribution < 1.29 is 23.9 Å². The summed E-state index contributed by atoms with van der Waals surface area (Å²) in [4.78, 5) is 15.3. The normalized spacial score (nSPS) is 11.1. The van der Waals surface area contributed by atoms with Gasteiger partial charge in [-0.2, -0.15) is 0 Å². The van der Waals surface area contributed by atoms with Gasteiger partial charge in [0.15, 0.2) is 0 Å². The van der Waals surface area contributed by atoms with Crippen LogP contribution >= 0.6 is 11.3 Å². The summed E-state index contributed by atoms with van der Waals surface area (Å²) in [5.74, 6) is 0.415. The molecule has 0 bridgehead atoms. The highest BCUT2D eigenvalue weighted by Crippen LogP contribution is 2.37. The number of hydrogen-bond donors (Lipinski definition) is 0. The zero-order valence-electron chi connectivity index (χ0n) is 16.0. The lowest BCUT2D eigenvalue weighted by Crippen LogP contribution is -2.12. The van der Waals surface area contributed by atoms with E-state index in [0.29, 0.717) is 38.8 Å². The third-order valence-corrected chi connectivity index (χ3v) is 5.06. The van der Waals surface area contributed by atoms with Gasteiger partial charge in [-0.05, 0) is 18.2 Å². The summed E-state index contributed by atoms with van der Waals surface area (Å²) in [6.07, 6.45) is 0. The second-order valence-corrected chi connectivity index (χ2v) is 7.02. The highest BCUT2D eigenvalue weighted by molar-refractivity contribution is 7.21. The smallest absolute Gasteiger partial charge is 0.273 e. The molecule has 29 heavy (non-hydrogen) atoms. The Hall–Kier alpha value is -2.59. The molecular weight excluding hydrogens is 396 g/mol. The number of para-hydroxylation sites is 1. The number of nitro benzene ring substituents is 1. The van der Waals surface area contributed by atoms with Crippen LogP contribution in [-0.2, 0) is 14.2 Å². The van der Waals surface area contributed by atoms with Crippen LogP contribution in [0.15, 0.2) is 42.5 Å². The number of rotatable bonds is 12. The standard InChI is InChI=1S/C20H22N2O6S/c1-25-8-9-26-10-11-27-12-13-28-18-14-15(22(23)24)6-7-16(18)20-21-17-4-2-3-5-19(17)29-20/h2-7,14H,8-13H2,1H3. The number of hydrogen-bond acceptors (Lipinski definition) is 8. The lowest BCUT2D eigenvalue weighted by molar-refractivity contribution is -0.384. The molecule has 8 nitrogen and oxygen atoms in total. The number of nitrogens with zero attached hydrogens (tertiary/aromatic N) is 2. The molecule has 0 unspecified atom stereocenters. The number of nitro groups is 1. The maximum absolute atomic E-state index is 11.2. The lowest BCUT2D eigenvalue weighted by Gasteiger charge is -2.10. The van der Waals surface area contributed by atoms with Gasteiger partial charge in [-0.15, -0.1) is 11.3 Å². The van der Waals surface area contributed by atoms with Crippen LogP contribution in [0.4, 0.5) is 5.69 Å². The van der Waals surface area contributed by atoms with E-state index in [4.69, 9.17) is 18.9 Å². The molecule has 0 saturated heterocycles. The quantitative estimate of drug-likeness (QED) is 0.250. The van der Waals surface area contributed by atoms with Crippen molar-refractivity contribution in [2.75, 3.05) is 46.8 Å². The number of non-ortho nitro benzene ring substituents is 1. The van der Waals surface area contributed by atoms with Crippen LogP contribution in [0.2, 0.25) is 0 Å². The van der Waals surface area contributed by atoms with Crippen molar-refractivity contribution in [3.63, 3.8) is 0 Å². The fourth-order valence-electron chi connectivity index (χ4n) is 2.58. The van der Waals surface area contributed by atoms with E-state index in [2.05, 4.69) is 4.98 Å². The summed E-state index contributed by atoms with van der Waals surface area (Å²) in [7, 11) is 1.62. The molecule has 0 atom stereocenters. The summed E-state index contributed by atoms with van der Waals surface area (Å²) < 4.78 is 22.5. The second-order valence-electron chi connectivity index (χ2n) is 5.99. The number of ether oxygens (including phenoxy) is 4. The predicted molar refractivity (Wildman–Crippen MR) is 111 cm³/mol. The first-order chi connectivity index (χ1) is 14.2. The van der Waals surface area contributed by atoms with Crippen LogP contribution in [0.3, 0.4) is 0 Å². The Morgan fingerprint density at radius 3 is 2.45 bits per heavy atom. The van der Waals surface area contributed by atoms with Gasteiger partial charge in [-0.3, -0.25) is 10.1 Å². The van der Waals surface area contributed by atoms with Crippen LogP contribution in [0, 0.1) is 10.1 Å². The molecule has 154 valence electrons. The first-order valence-corrected chi connectivity index (χ1v) is 9.92. The Morgan fingerprint density at radius 1 is 1.00 bits per heavy atom. The number of aromatic nitrogens is 1. The van der Waals surface area contributed by atoms with Gasteiger partial charge >= 0.3 is 0 Å². The van der Waals surface area contributed by atoms with Crippen molar-refractivity contribution in [2.45, 2.75) is 0 Å². The van der Waals surface area contributed by atoms with Crippen molar-refractivity contribution in [1.29, 1.82) is 0 Å². The second kappa shape index (κ2) is 10.8. The molecule has 3 rings (SSSR count). The molecule has 0 fully saturated rings. The first kappa shape index (κ1) is 21.1. The zero-order valence-corrected chi connectivity index (χ0v) is 16.9. The Bertz CT molecular complexity index is 913. The summed E-state index contributed by atoms with van der Waals surface area (Å²) in [6, 6.07) is 12.4. The fraction of sp³-hybridized carbons (Fsp3) is 0.350. The Morgan fingerprint density at radius 2 is 1.72 bits per heavy atom. The molecule has 9 heteroatoms. The molecule has 1 aromatic heterocycles. The van der Waals surface area contributed by atoms with Crippen molar-refractivity contribution in [3.8, 4) is 16.3 Å². The summed E-state index contributed by atoms with van der Waals surface area (Å²) in [6.45, 7) is 2.58. The van der Waals surface area contributed by atoms with Gasteiger partial charge in [0.2, 0.25) is 0 Å². The third kappa shape index (κ3) is 5.94. The molecule has 0 aliphatic heterocycles. The first-order valence-electron chi connectivity index (χ1n) is 9.10. The SMILES string of the molecule is COCCOCCOCCOc1cc([N+](=O)[O-])ccc1-c1nc2ccccc2s1. The van der Waals surface area contributed by atoms with Crippen molar-refractivity contribution in [3.05, 3.63) is 52.6 Å². The summed E-state index contributed by atoms with van der Waals surface area (Å²) in [5.41, 5.74) is 1.57. The minimum Gasteiger partial charge on any atom is -0.490 e. The molecule has 1 heterocycles. The molecule has 0 aliphatic rings. The van der Waals surface area contributed by atoms with Gasteiger partial charge in [0, 0.05) is 13.2 Å². The van der Waals surface area contributed by atoms with Gasteiger partial charge in [0.05, 0.1) is 59.8 Å². The van der Waals surface area contributed by atoms with E-state index in [9.17, 15) is 10.1 Å². The van der Waals surface area contributed by atoms with E-state index in [0.717, 1.165) is 20.8 Å². The van der Waals surface area contributed by atoms with Gasteiger partial charge in [-0.25, -0.2) is 4.98 Å². The molecule has 0 radical (unpaired) electrons. The molecule has 0 spiro atoms. The lowest BCUT2D eigenvalue weighted by atomic mass is 10.2. The van der Waals surface area contributed by atoms with Crippen molar-refractivity contribution in [2.24, 2.45) is 0 Å². The van der Waals surface area contributed by atoms with Crippen LogP contribution in [0.5, 0.6) is 5.75 Å². The molecular formula is C20H22N2O6S. The number of methoxy groups -OCH3 is 1. The van der Waals surface area contributed by atoms with Gasteiger partial charge in [0.25, 0.3) is 5.69 Å². The maximum Gasteiger partial charge on any atom is 0.273 e. The monoisotopic (exact) mass is 418 g/mol. The summed E-state index contributed by atoms with van der Waals surface area (Å²) >= 11 is 1.52.